The average molecular weight is 261 g/mol. The summed E-state index contributed by atoms with van der Waals surface area (Å²) in [5, 5.41) is 10.8. The van der Waals surface area contributed by atoms with Crippen molar-refractivity contribution >= 4 is 11.6 Å². The van der Waals surface area contributed by atoms with E-state index in [0.29, 0.717) is 11.4 Å². The lowest BCUT2D eigenvalue weighted by molar-refractivity contribution is 0.168. The highest BCUT2D eigenvalue weighted by molar-refractivity contribution is 6.31. The van der Waals surface area contributed by atoms with Crippen LogP contribution >= 0.6 is 11.6 Å². The number of aliphatic hydroxyl groups is 1. The van der Waals surface area contributed by atoms with Gasteiger partial charge >= 0.3 is 0 Å². The summed E-state index contributed by atoms with van der Waals surface area (Å²) >= 11 is 6.15. The summed E-state index contributed by atoms with van der Waals surface area (Å²) in [7, 11) is 0. The molecular weight excluding hydrogens is 244 g/mol. The molecular formula is C16H17ClO. The molecule has 1 atom stereocenters. The van der Waals surface area contributed by atoms with Crippen LogP contribution in [0.2, 0.25) is 5.02 Å². The second-order valence-corrected chi connectivity index (χ2v) is 4.97. The minimum Gasteiger partial charge on any atom is -0.388 e. The molecule has 0 aliphatic rings. The Morgan fingerprint density at radius 3 is 2.50 bits per heavy atom. The van der Waals surface area contributed by atoms with Gasteiger partial charge in [0.1, 0.15) is 0 Å². The summed E-state index contributed by atoms with van der Waals surface area (Å²) in [6.07, 6.45) is 1.04. The lowest BCUT2D eigenvalue weighted by atomic mass is 10.0. The lowest BCUT2D eigenvalue weighted by Crippen LogP contribution is -2.00. The third kappa shape index (κ3) is 3.34. The zero-order valence-corrected chi connectivity index (χ0v) is 11.2. The molecule has 94 valence electrons. The molecule has 2 rings (SSSR count). The van der Waals surface area contributed by atoms with E-state index in [1.165, 1.54) is 5.56 Å². The molecule has 0 aliphatic carbocycles. The number of halogens is 1. The van der Waals surface area contributed by atoms with Gasteiger partial charge in [0.25, 0.3) is 0 Å². The molecule has 0 aromatic heterocycles. The van der Waals surface area contributed by atoms with Crippen LogP contribution in [0.25, 0.3) is 0 Å². The number of rotatable bonds is 4. The summed E-state index contributed by atoms with van der Waals surface area (Å²) in [5.41, 5.74) is 3.16. The fraction of sp³-hybridized carbons (Fsp3) is 0.250. The molecule has 0 saturated carbocycles. The van der Waals surface area contributed by atoms with Gasteiger partial charge in [0, 0.05) is 5.02 Å². The number of hydrogen-bond donors (Lipinski definition) is 1. The van der Waals surface area contributed by atoms with Gasteiger partial charge in [-0.2, -0.15) is 0 Å². The predicted octanol–water partition coefficient (Wildman–Crippen LogP) is 4.31. The smallest absolute Gasteiger partial charge is 0.0807 e. The van der Waals surface area contributed by atoms with Crippen LogP contribution in [0.4, 0.5) is 0 Å². The molecule has 1 unspecified atom stereocenters. The minimum absolute atomic E-state index is 0.502. The van der Waals surface area contributed by atoms with Crippen molar-refractivity contribution in [2.75, 3.05) is 0 Å². The van der Waals surface area contributed by atoms with Gasteiger partial charge in [-0.15, -0.1) is 0 Å². The molecule has 2 aromatic carbocycles. The molecule has 0 fully saturated rings. The largest absolute Gasteiger partial charge is 0.388 e. The van der Waals surface area contributed by atoms with Crippen LogP contribution in [0.3, 0.4) is 0 Å². The van der Waals surface area contributed by atoms with Crippen LogP contribution < -0.4 is 0 Å². The van der Waals surface area contributed by atoms with Crippen molar-refractivity contribution in [1.29, 1.82) is 0 Å². The SMILES string of the molecule is Cc1ccc(C(O)CCc2ccccc2)c(Cl)c1. The molecule has 1 N–H and O–H groups in total. The molecule has 1 nitrogen and oxygen atoms in total. The van der Waals surface area contributed by atoms with Crippen LogP contribution in [-0.4, -0.2) is 5.11 Å². The molecule has 0 radical (unpaired) electrons. The maximum atomic E-state index is 10.2. The van der Waals surface area contributed by atoms with Gasteiger partial charge in [-0.3, -0.25) is 0 Å². The molecule has 0 heterocycles. The van der Waals surface area contributed by atoms with Crippen molar-refractivity contribution in [3.63, 3.8) is 0 Å². The zero-order chi connectivity index (χ0) is 13.0. The Bertz CT molecular complexity index is 508. The fourth-order valence-electron chi connectivity index (χ4n) is 2.01. The molecule has 2 heteroatoms. The maximum absolute atomic E-state index is 10.2. The van der Waals surface area contributed by atoms with Crippen molar-refractivity contribution < 1.29 is 5.11 Å². The van der Waals surface area contributed by atoms with E-state index in [1.54, 1.807) is 0 Å². The van der Waals surface area contributed by atoms with Crippen molar-refractivity contribution in [1.82, 2.24) is 0 Å². The van der Waals surface area contributed by atoms with E-state index in [-0.39, 0.29) is 0 Å². The molecule has 18 heavy (non-hydrogen) atoms. The van der Waals surface area contributed by atoms with Crippen LogP contribution in [0, 0.1) is 6.92 Å². The molecule has 0 spiro atoms. The summed E-state index contributed by atoms with van der Waals surface area (Å²) in [5.74, 6) is 0. The van der Waals surface area contributed by atoms with Crippen molar-refractivity contribution in [3.8, 4) is 0 Å². The highest BCUT2D eigenvalue weighted by atomic mass is 35.5. The van der Waals surface area contributed by atoms with E-state index >= 15 is 0 Å². The van der Waals surface area contributed by atoms with Gasteiger partial charge in [-0.25, -0.2) is 0 Å². The Morgan fingerprint density at radius 2 is 1.83 bits per heavy atom. The Balaban J connectivity index is 2.01. The summed E-state index contributed by atoms with van der Waals surface area (Å²) < 4.78 is 0. The lowest BCUT2D eigenvalue weighted by Gasteiger charge is -2.13. The van der Waals surface area contributed by atoms with Gasteiger partial charge in [0.2, 0.25) is 0 Å². The minimum atomic E-state index is -0.502. The third-order valence-corrected chi connectivity index (χ3v) is 3.39. The first-order valence-corrected chi connectivity index (χ1v) is 6.52. The number of benzene rings is 2. The Labute approximate surface area is 113 Å². The Morgan fingerprint density at radius 1 is 1.11 bits per heavy atom. The van der Waals surface area contributed by atoms with E-state index in [0.717, 1.165) is 17.5 Å². The van der Waals surface area contributed by atoms with Crippen LogP contribution in [-0.2, 0) is 6.42 Å². The van der Waals surface area contributed by atoms with Gasteiger partial charge in [0.15, 0.2) is 0 Å². The van der Waals surface area contributed by atoms with E-state index in [1.807, 2.05) is 43.3 Å². The van der Waals surface area contributed by atoms with E-state index in [2.05, 4.69) is 12.1 Å². The topological polar surface area (TPSA) is 20.2 Å². The van der Waals surface area contributed by atoms with E-state index in [4.69, 9.17) is 11.6 Å². The quantitative estimate of drug-likeness (QED) is 0.868. The van der Waals surface area contributed by atoms with Gasteiger partial charge in [0.05, 0.1) is 6.10 Å². The van der Waals surface area contributed by atoms with Gasteiger partial charge < -0.3 is 5.11 Å². The standard InChI is InChI=1S/C16H17ClO/c1-12-7-9-14(15(17)11-12)16(18)10-8-13-5-3-2-4-6-13/h2-7,9,11,16,18H,8,10H2,1H3. The molecule has 0 aliphatic heterocycles. The first-order chi connectivity index (χ1) is 8.66. The monoisotopic (exact) mass is 260 g/mol. The van der Waals surface area contributed by atoms with Crippen LogP contribution in [0.15, 0.2) is 48.5 Å². The average Bonchev–Trinajstić information content (AvgIpc) is 2.37. The second-order valence-electron chi connectivity index (χ2n) is 4.57. The van der Waals surface area contributed by atoms with Crippen molar-refractivity contribution in [3.05, 3.63) is 70.2 Å². The molecule has 0 amide bonds. The fourth-order valence-corrected chi connectivity index (χ4v) is 2.37. The number of aliphatic hydroxyl groups excluding tert-OH is 1. The van der Waals surface area contributed by atoms with Gasteiger partial charge in [-0.1, -0.05) is 54.1 Å². The first-order valence-electron chi connectivity index (χ1n) is 6.15. The summed E-state index contributed by atoms with van der Waals surface area (Å²) in [6, 6.07) is 16.0. The first kappa shape index (κ1) is 13.1. The molecule has 2 aromatic rings. The van der Waals surface area contributed by atoms with E-state index in [9.17, 15) is 5.11 Å². The summed E-state index contributed by atoms with van der Waals surface area (Å²) in [4.78, 5) is 0. The predicted molar refractivity (Wildman–Crippen MR) is 75.9 cm³/mol. The highest BCUT2D eigenvalue weighted by Gasteiger charge is 2.11. The van der Waals surface area contributed by atoms with Crippen LogP contribution in [0.1, 0.15) is 29.2 Å². The number of aryl methyl sites for hydroxylation is 2. The van der Waals surface area contributed by atoms with Crippen molar-refractivity contribution in [2.45, 2.75) is 25.9 Å². The van der Waals surface area contributed by atoms with Gasteiger partial charge in [-0.05, 0) is 42.5 Å². The van der Waals surface area contributed by atoms with Crippen LogP contribution in [0.5, 0.6) is 0 Å². The second kappa shape index (κ2) is 6.03. The zero-order valence-electron chi connectivity index (χ0n) is 10.4. The Kier molecular flexibility index (Phi) is 4.40. The summed E-state index contributed by atoms with van der Waals surface area (Å²) in [6.45, 7) is 1.99. The number of hydrogen-bond acceptors (Lipinski definition) is 1. The normalized spacial score (nSPS) is 12.4. The third-order valence-electron chi connectivity index (χ3n) is 3.06. The Hall–Kier alpha value is -1.31. The van der Waals surface area contributed by atoms with Crippen molar-refractivity contribution in [2.24, 2.45) is 0 Å². The maximum Gasteiger partial charge on any atom is 0.0807 e. The van der Waals surface area contributed by atoms with E-state index < -0.39 is 6.10 Å². The molecule has 0 bridgehead atoms. The highest BCUT2D eigenvalue weighted by Crippen LogP contribution is 2.27. The molecule has 0 saturated heterocycles.